The Balaban J connectivity index is 1.88. The Bertz CT molecular complexity index is 1120. The van der Waals surface area contributed by atoms with Gasteiger partial charge in [-0.1, -0.05) is 12.1 Å². The summed E-state index contributed by atoms with van der Waals surface area (Å²) in [5, 5.41) is 3.09. The van der Waals surface area contributed by atoms with E-state index in [-0.39, 0.29) is 24.4 Å². The van der Waals surface area contributed by atoms with E-state index in [9.17, 15) is 22.8 Å². The molecule has 0 spiro atoms. The first-order chi connectivity index (χ1) is 14.2. The predicted molar refractivity (Wildman–Crippen MR) is 107 cm³/mol. The zero-order valence-electron chi connectivity index (χ0n) is 16.6. The molecule has 0 unspecified atom stereocenters. The van der Waals surface area contributed by atoms with E-state index in [1.807, 2.05) is 6.92 Å². The van der Waals surface area contributed by atoms with Gasteiger partial charge >= 0.3 is 6.18 Å². The summed E-state index contributed by atoms with van der Waals surface area (Å²) in [5.74, 6) is -0.233. The van der Waals surface area contributed by atoms with Gasteiger partial charge in [-0.3, -0.25) is 19.0 Å². The van der Waals surface area contributed by atoms with Crippen molar-refractivity contribution in [2.45, 2.75) is 26.1 Å². The Morgan fingerprint density at radius 1 is 1.17 bits per heavy atom. The smallest absolute Gasteiger partial charge is 0.381 e. The quantitative estimate of drug-likeness (QED) is 0.591. The van der Waals surface area contributed by atoms with Crippen molar-refractivity contribution in [3.05, 3.63) is 63.9 Å². The minimum absolute atomic E-state index is 0.0965. The lowest BCUT2D eigenvalue weighted by molar-refractivity contribution is -0.137. The van der Waals surface area contributed by atoms with Crippen LogP contribution in [0.5, 0.6) is 0 Å². The summed E-state index contributed by atoms with van der Waals surface area (Å²) in [7, 11) is 1.55. The Morgan fingerprint density at radius 3 is 2.63 bits per heavy atom. The summed E-state index contributed by atoms with van der Waals surface area (Å²) in [6.45, 7) is 2.76. The molecule has 0 aliphatic rings. The molecule has 30 heavy (non-hydrogen) atoms. The van der Waals surface area contributed by atoms with Crippen LogP contribution in [0.3, 0.4) is 0 Å². The van der Waals surface area contributed by atoms with Crippen LogP contribution in [0.15, 0.2) is 47.3 Å². The number of hydrogen-bond acceptors (Lipinski definition) is 3. The second kappa shape index (κ2) is 8.74. The summed E-state index contributed by atoms with van der Waals surface area (Å²) >= 11 is 0. The second-order valence-corrected chi connectivity index (χ2v) is 6.81. The molecule has 9 heteroatoms. The van der Waals surface area contributed by atoms with Gasteiger partial charge in [-0.25, -0.2) is 0 Å². The number of carbonyl (C=O) groups excluding carboxylic acids is 1. The van der Waals surface area contributed by atoms with E-state index in [0.29, 0.717) is 35.4 Å². The van der Waals surface area contributed by atoms with Gasteiger partial charge < -0.3 is 10.1 Å². The molecule has 1 heterocycles. The number of rotatable bonds is 7. The number of ether oxygens (including phenoxy) is 1. The van der Waals surface area contributed by atoms with E-state index in [0.717, 1.165) is 12.1 Å². The van der Waals surface area contributed by atoms with E-state index < -0.39 is 11.7 Å². The Hall–Kier alpha value is -3.07. The number of benzene rings is 2. The average Bonchev–Trinajstić information content (AvgIpc) is 2.92. The molecule has 0 fully saturated rings. The van der Waals surface area contributed by atoms with E-state index >= 15 is 0 Å². The number of aromatic nitrogens is 2. The maximum atomic E-state index is 13.0. The normalized spacial score (nSPS) is 11.8. The molecule has 3 rings (SSSR count). The first-order valence-electron chi connectivity index (χ1n) is 9.44. The van der Waals surface area contributed by atoms with Gasteiger partial charge in [0.2, 0.25) is 5.91 Å². The van der Waals surface area contributed by atoms with Crippen LogP contribution in [0.1, 0.15) is 24.5 Å². The summed E-state index contributed by atoms with van der Waals surface area (Å²) in [6, 6.07) is 9.90. The van der Waals surface area contributed by atoms with Crippen molar-refractivity contribution in [2.24, 2.45) is 7.05 Å². The molecule has 6 nitrogen and oxygen atoms in total. The number of alkyl halides is 3. The fraction of sp³-hybridized carbons (Fsp3) is 0.333. The van der Waals surface area contributed by atoms with Crippen molar-refractivity contribution < 1.29 is 22.7 Å². The predicted octanol–water partition coefficient (Wildman–Crippen LogP) is 3.77. The average molecular weight is 421 g/mol. The van der Waals surface area contributed by atoms with Crippen molar-refractivity contribution in [1.82, 2.24) is 9.36 Å². The zero-order valence-corrected chi connectivity index (χ0v) is 16.6. The van der Waals surface area contributed by atoms with Crippen LogP contribution in [-0.2, 0) is 29.3 Å². The SMILES string of the molecule is CCOCCC(=O)Nc1ccc2c(c1)c(=O)n(C)n2Cc1cccc(C(F)(F)F)c1. The zero-order chi connectivity index (χ0) is 21.9. The highest BCUT2D eigenvalue weighted by Gasteiger charge is 2.30. The van der Waals surface area contributed by atoms with E-state index in [2.05, 4.69) is 5.32 Å². The third kappa shape index (κ3) is 4.73. The van der Waals surface area contributed by atoms with Gasteiger partial charge in [0.05, 0.1) is 36.0 Å². The molecule has 3 aromatic rings. The third-order valence-electron chi connectivity index (χ3n) is 4.71. The van der Waals surface area contributed by atoms with Gasteiger partial charge in [0.25, 0.3) is 5.56 Å². The van der Waals surface area contributed by atoms with E-state index in [4.69, 9.17) is 4.74 Å². The fourth-order valence-corrected chi connectivity index (χ4v) is 3.20. The summed E-state index contributed by atoms with van der Waals surface area (Å²) in [4.78, 5) is 24.6. The lowest BCUT2D eigenvalue weighted by Gasteiger charge is -2.12. The number of amides is 1. The number of nitrogens with zero attached hydrogens (tertiary/aromatic N) is 2. The summed E-state index contributed by atoms with van der Waals surface area (Å²) in [5.41, 5.74) is 0.414. The van der Waals surface area contributed by atoms with Crippen molar-refractivity contribution in [1.29, 1.82) is 0 Å². The first kappa shape index (κ1) is 21.6. The lowest BCUT2D eigenvalue weighted by atomic mass is 10.1. The standard InChI is InChI=1S/C21H22F3N3O3/c1-3-30-10-9-19(28)25-16-7-8-18-17(12-16)20(29)26(2)27(18)13-14-5-4-6-15(11-14)21(22,23)24/h4-8,11-12H,3,9-10,13H2,1-2H3,(H,25,28). The van der Waals surface area contributed by atoms with Crippen LogP contribution < -0.4 is 10.9 Å². The van der Waals surface area contributed by atoms with Crippen LogP contribution in [0.2, 0.25) is 0 Å². The summed E-state index contributed by atoms with van der Waals surface area (Å²) in [6.07, 6.45) is -4.24. The maximum absolute atomic E-state index is 13.0. The minimum atomic E-state index is -4.43. The number of nitrogens with one attached hydrogen (secondary N) is 1. The molecule has 0 radical (unpaired) electrons. The molecule has 0 aliphatic heterocycles. The molecular weight excluding hydrogens is 399 g/mol. The molecule has 1 aromatic heterocycles. The monoisotopic (exact) mass is 421 g/mol. The molecule has 0 saturated carbocycles. The Kier molecular flexibility index (Phi) is 6.31. The lowest BCUT2D eigenvalue weighted by Crippen LogP contribution is -2.20. The van der Waals surface area contributed by atoms with Crippen LogP contribution in [-0.4, -0.2) is 28.5 Å². The van der Waals surface area contributed by atoms with Gasteiger partial charge in [0, 0.05) is 19.3 Å². The number of hydrogen-bond donors (Lipinski definition) is 1. The molecule has 1 N–H and O–H groups in total. The third-order valence-corrected chi connectivity index (χ3v) is 4.71. The summed E-state index contributed by atoms with van der Waals surface area (Å²) < 4.78 is 47.1. The van der Waals surface area contributed by atoms with Gasteiger partial charge in [0.15, 0.2) is 0 Å². The van der Waals surface area contributed by atoms with Gasteiger partial charge in [-0.15, -0.1) is 0 Å². The Labute approximate surface area is 170 Å². The highest BCUT2D eigenvalue weighted by Crippen LogP contribution is 2.30. The topological polar surface area (TPSA) is 65.3 Å². The van der Waals surface area contributed by atoms with E-state index in [1.54, 1.807) is 36.0 Å². The Morgan fingerprint density at radius 2 is 1.93 bits per heavy atom. The fourth-order valence-electron chi connectivity index (χ4n) is 3.20. The maximum Gasteiger partial charge on any atom is 0.416 e. The van der Waals surface area contributed by atoms with E-state index in [1.165, 1.54) is 10.7 Å². The number of carbonyl (C=O) groups is 1. The molecule has 0 atom stereocenters. The number of anilines is 1. The van der Waals surface area contributed by atoms with Gasteiger partial charge in [0.1, 0.15) is 0 Å². The largest absolute Gasteiger partial charge is 0.416 e. The van der Waals surface area contributed by atoms with Crippen molar-refractivity contribution >= 4 is 22.5 Å². The highest BCUT2D eigenvalue weighted by molar-refractivity contribution is 5.93. The molecule has 0 saturated heterocycles. The molecular formula is C21H22F3N3O3. The van der Waals surface area contributed by atoms with Gasteiger partial charge in [-0.05, 0) is 42.8 Å². The molecule has 2 aromatic carbocycles. The van der Waals surface area contributed by atoms with Crippen LogP contribution in [0, 0.1) is 0 Å². The highest BCUT2D eigenvalue weighted by atomic mass is 19.4. The second-order valence-electron chi connectivity index (χ2n) is 6.81. The molecule has 160 valence electrons. The van der Waals surface area contributed by atoms with Crippen molar-refractivity contribution in [2.75, 3.05) is 18.5 Å². The van der Waals surface area contributed by atoms with Crippen LogP contribution >= 0.6 is 0 Å². The molecule has 1 amide bonds. The molecule has 0 aliphatic carbocycles. The molecule has 0 bridgehead atoms. The van der Waals surface area contributed by atoms with Crippen molar-refractivity contribution in [3.8, 4) is 0 Å². The van der Waals surface area contributed by atoms with Gasteiger partial charge in [-0.2, -0.15) is 13.2 Å². The van der Waals surface area contributed by atoms with Crippen LogP contribution in [0.4, 0.5) is 18.9 Å². The minimum Gasteiger partial charge on any atom is -0.381 e. The number of halogens is 3. The van der Waals surface area contributed by atoms with Crippen LogP contribution in [0.25, 0.3) is 10.9 Å². The van der Waals surface area contributed by atoms with Crippen molar-refractivity contribution in [3.63, 3.8) is 0 Å². The number of fused-ring (bicyclic) bond motifs is 1. The first-order valence-corrected chi connectivity index (χ1v) is 9.44.